The van der Waals surface area contributed by atoms with Crippen LogP contribution in [0, 0.1) is 5.92 Å². The molecule has 0 unspecified atom stereocenters. The number of nitrogens with one attached hydrogen (secondary N) is 1. The van der Waals surface area contributed by atoms with Crippen LogP contribution in [0.1, 0.15) is 44.1 Å². The third-order valence-corrected chi connectivity index (χ3v) is 4.70. The Hall–Kier alpha value is -0.990. The van der Waals surface area contributed by atoms with E-state index in [1.54, 1.807) is 0 Å². The van der Waals surface area contributed by atoms with Crippen LogP contribution >= 0.6 is 11.6 Å². The molecule has 1 aliphatic carbocycles. The third kappa shape index (κ3) is 3.18. The van der Waals surface area contributed by atoms with Gasteiger partial charge >= 0.3 is 0 Å². The van der Waals surface area contributed by atoms with Crippen molar-refractivity contribution >= 4 is 22.6 Å². The molecule has 1 N–H and O–H groups in total. The molecule has 1 heterocycles. The maximum atomic E-state index is 6.18. The molecule has 0 spiro atoms. The van der Waals surface area contributed by atoms with E-state index in [4.69, 9.17) is 16.0 Å². The molecule has 108 valence electrons. The fraction of sp³-hybridized carbons (Fsp3) is 0.529. The van der Waals surface area contributed by atoms with E-state index in [1.165, 1.54) is 38.5 Å². The zero-order valence-corrected chi connectivity index (χ0v) is 12.6. The molecule has 3 heteroatoms. The topological polar surface area (TPSA) is 25.2 Å². The fourth-order valence-corrected chi connectivity index (χ4v) is 3.51. The van der Waals surface area contributed by atoms with Gasteiger partial charge < -0.3 is 9.73 Å². The molecule has 3 rings (SSSR count). The first-order chi connectivity index (χ1) is 9.84. The van der Waals surface area contributed by atoms with Crippen LogP contribution in [0.25, 0.3) is 11.0 Å². The van der Waals surface area contributed by atoms with Gasteiger partial charge in [0, 0.05) is 17.5 Å². The number of para-hydroxylation sites is 1. The molecule has 1 aromatic heterocycles. The lowest BCUT2D eigenvalue weighted by molar-refractivity contribution is 0.470. The first-order valence-corrected chi connectivity index (χ1v) is 8.09. The molecule has 2 aromatic rings. The molecule has 1 aliphatic rings. The van der Waals surface area contributed by atoms with Gasteiger partial charge in [-0.1, -0.05) is 43.9 Å². The summed E-state index contributed by atoms with van der Waals surface area (Å²) in [5, 5.41) is 5.15. The average Bonchev–Trinajstić information content (AvgIpc) is 3.06. The molecular weight excluding hydrogens is 270 g/mol. The number of rotatable bonds is 6. The van der Waals surface area contributed by atoms with Crippen molar-refractivity contribution in [3.05, 3.63) is 35.0 Å². The van der Waals surface area contributed by atoms with Crippen molar-refractivity contribution in [2.24, 2.45) is 5.92 Å². The quantitative estimate of drug-likeness (QED) is 0.745. The van der Waals surface area contributed by atoms with E-state index < -0.39 is 0 Å². The van der Waals surface area contributed by atoms with Crippen molar-refractivity contribution in [1.82, 2.24) is 5.32 Å². The van der Waals surface area contributed by atoms with Crippen LogP contribution in [0.3, 0.4) is 0 Å². The minimum Gasteiger partial charge on any atom is -0.444 e. The summed E-state index contributed by atoms with van der Waals surface area (Å²) >= 11 is 6.18. The van der Waals surface area contributed by atoms with Gasteiger partial charge in [-0.3, -0.25) is 0 Å². The highest BCUT2D eigenvalue weighted by atomic mass is 35.5. The average molecular weight is 292 g/mol. The number of benzene rings is 1. The number of hydrogen-bond acceptors (Lipinski definition) is 2. The first kappa shape index (κ1) is 14.0. The molecule has 1 fully saturated rings. The summed E-state index contributed by atoms with van der Waals surface area (Å²) in [5.74, 6) is 0.982. The van der Waals surface area contributed by atoms with Crippen molar-refractivity contribution < 1.29 is 4.42 Å². The molecule has 2 nitrogen and oxygen atoms in total. The second-order valence-corrected chi connectivity index (χ2v) is 6.16. The highest BCUT2D eigenvalue weighted by Crippen LogP contribution is 2.30. The maximum absolute atomic E-state index is 6.18. The number of hydrogen-bond donors (Lipinski definition) is 1. The minimum atomic E-state index is 0.523. The number of fused-ring (bicyclic) bond motifs is 1. The van der Waals surface area contributed by atoms with E-state index in [-0.39, 0.29) is 0 Å². The normalized spacial score (nSPS) is 16.2. The standard InChI is InChI=1S/C17H22ClNO/c18-17-15(14-9-3-4-10-16(14)20-17)12-19-11-5-8-13-6-1-2-7-13/h3-4,9-10,13,19H,1-2,5-8,11-12H2. The molecule has 0 aliphatic heterocycles. The Morgan fingerprint density at radius 1 is 1.20 bits per heavy atom. The summed E-state index contributed by atoms with van der Waals surface area (Å²) < 4.78 is 5.56. The van der Waals surface area contributed by atoms with Crippen LogP contribution in [-0.4, -0.2) is 6.54 Å². The fourth-order valence-electron chi connectivity index (χ4n) is 3.26. The molecule has 1 aromatic carbocycles. The van der Waals surface area contributed by atoms with Gasteiger partial charge in [0.15, 0.2) is 5.22 Å². The monoisotopic (exact) mass is 291 g/mol. The first-order valence-electron chi connectivity index (χ1n) is 7.71. The van der Waals surface area contributed by atoms with Gasteiger partial charge in [0.25, 0.3) is 0 Å². The number of furan rings is 1. The van der Waals surface area contributed by atoms with Crippen molar-refractivity contribution in [3.63, 3.8) is 0 Å². The van der Waals surface area contributed by atoms with E-state index >= 15 is 0 Å². The minimum absolute atomic E-state index is 0.523. The van der Waals surface area contributed by atoms with Crippen LogP contribution in [0.15, 0.2) is 28.7 Å². The van der Waals surface area contributed by atoms with Gasteiger partial charge in [-0.05, 0) is 43.0 Å². The maximum Gasteiger partial charge on any atom is 0.199 e. The largest absolute Gasteiger partial charge is 0.444 e. The van der Waals surface area contributed by atoms with Crippen LogP contribution in [0.4, 0.5) is 0 Å². The summed E-state index contributed by atoms with van der Waals surface area (Å²) in [6.07, 6.45) is 8.39. The molecule has 1 saturated carbocycles. The zero-order valence-electron chi connectivity index (χ0n) is 11.8. The summed E-state index contributed by atoms with van der Waals surface area (Å²) in [5.41, 5.74) is 1.96. The van der Waals surface area contributed by atoms with E-state index in [2.05, 4.69) is 11.4 Å². The van der Waals surface area contributed by atoms with Gasteiger partial charge in [-0.2, -0.15) is 0 Å². The van der Waals surface area contributed by atoms with E-state index in [9.17, 15) is 0 Å². The third-order valence-electron chi connectivity index (χ3n) is 4.39. The van der Waals surface area contributed by atoms with Crippen molar-refractivity contribution in [2.75, 3.05) is 6.54 Å². The Morgan fingerprint density at radius 3 is 2.85 bits per heavy atom. The van der Waals surface area contributed by atoms with E-state index in [0.717, 1.165) is 35.5 Å². The lowest BCUT2D eigenvalue weighted by atomic mass is 10.0. The Labute approximate surface area is 125 Å². The molecule has 0 saturated heterocycles. The number of halogens is 1. The summed E-state index contributed by atoms with van der Waals surface area (Å²) in [7, 11) is 0. The lowest BCUT2D eigenvalue weighted by Gasteiger charge is -2.09. The predicted molar refractivity (Wildman–Crippen MR) is 84.1 cm³/mol. The van der Waals surface area contributed by atoms with Gasteiger partial charge in [0.1, 0.15) is 5.58 Å². The van der Waals surface area contributed by atoms with Crippen molar-refractivity contribution in [2.45, 2.75) is 45.1 Å². The Balaban J connectivity index is 1.48. The van der Waals surface area contributed by atoms with Crippen molar-refractivity contribution in [1.29, 1.82) is 0 Å². The predicted octanol–water partition coefficient (Wildman–Crippen LogP) is 5.15. The van der Waals surface area contributed by atoms with Crippen LogP contribution in [-0.2, 0) is 6.54 Å². The zero-order chi connectivity index (χ0) is 13.8. The highest BCUT2D eigenvalue weighted by molar-refractivity contribution is 6.30. The molecular formula is C17H22ClNO. The Morgan fingerprint density at radius 2 is 2.00 bits per heavy atom. The van der Waals surface area contributed by atoms with Gasteiger partial charge in [0.2, 0.25) is 0 Å². The van der Waals surface area contributed by atoms with Crippen molar-refractivity contribution in [3.8, 4) is 0 Å². The lowest BCUT2D eigenvalue weighted by Crippen LogP contribution is -2.15. The van der Waals surface area contributed by atoms with Crippen LogP contribution in [0.2, 0.25) is 5.22 Å². The van der Waals surface area contributed by atoms with Gasteiger partial charge in [0.05, 0.1) is 0 Å². The Kier molecular flexibility index (Phi) is 4.64. The summed E-state index contributed by atoms with van der Waals surface area (Å²) in [6.45, 7) is 1.85. The van der Waals surface area contributed by atoms with Crippen LogP contribution in [0.5, 0.6) is 0 Å². The second kappa shape index (κ2) is 6.64. The smallest absolute Gasteiger partial charge is 0.199 e. The highest BCUT2D eigenvalue weighted by Gasteiger charge is 2.14. The molecule has 20 heavy (non-hydrogen) atoms. The van der Waals surface area contributed by atoms with Gasteiger partial charge in [-0.25, -0.2) is 0 Å². The molecule has 0 amide bonds. The summed E-state index contributed by atoms with van der Waals surface area (Å²) in [6, 6.07) is 8.03. The van der Waals surface area contributed by atoms with Crippen LogP contribution < -0.4 is 5.32 Å². The van der Waals surface area contributed by atoms with E-state index in [1.807, 2.05) is 18.2 Å². The SMILES string of the molecule is Clc1oc2ccccc2c1CNCCCC1CCCC1. The van der Waals surface area contributed by atoms with E-state index in [0.29, 0.717) is 5.22 Å². The molecule has 0 atom stereocenters. The second-order valence-electron chi connectivity index (χ2n) is 5.82. The summed E-state index contributed by atoms with van der Waals surface area (Å²) in [4.78, 5) is 0. The molecule has 0 radical (unpaired) electrons. The van der Waals surface area contributed by atoms with Gasteiger partial charge in [-0.15, -0.1) is 0 Å². The Bertz CT molecular complexity index is 557. The molecule has 0 bridgehead atoms.